The second-order valence-electron chi connectivity index (χ2n) is 2.43. The number of rotatable bonds is 3. The van der Waals surface area contributed by atoms with E-state index < -0.39 is 12.2 Å². The van der Waals surface area contributed by atoms with Crippen molar-refractivity contribution in [3.63, 3.8) is 0 Å². The highest BCUT2D eigenvalue weighted by Gasteiger charge is 2.39. The highest BCUT2D eigenvalue weighted by atomic mass is 35.5. The molecule has 0 heterocycles. The molecule has 1 saturated carbocycles. The summed E-state index contributed by atoms with van der Waals surface area (Å²) < 4.78 is 26.6. The van der Waals surface area contributed by atoms with Gasteiger partial charge in [0.25, 0.3) is 0 Å². The summed E-state index contributed by atoms with van der Waals surface area (Å²) in [5, 5.41) is 0. The van der Waals surface area contributed by atoms with E-state index in [1.54, 1.807) is 0 Å². The molecule has 0 unspecified atom stereocenters. The fourth-order valence-electron chi connectivity index (χ4n) is 0.534. The van der Waals surface area contributed by atoms with Crippen molar-refractivity contribution in [3.05, 3.63) is 0 Å². The molecule has 0 atom stereocenters. The van der Waals surface area contributed by atoms with Gasteiger partial charge in [0.05, 0.1) is 6.61 Å². The Labute approximate surface area is 64.1 Å². The predicted molar refractivity (Wildman–Crippen MR) is 35.4 cm³/mol. The minimum atomic E-state index is -2.67. The molecule has 1 aliphatic carbocycles. The molecule has 5 heteroatoms. The average molecular weight is 174 g/mol. The largest absolute Gasteiger partial charge is 0.345 e. The van der Waals surface area contributed by atoms with Crippen molar-refractivity contribution >= 4 is 12.4 Å². The van der Waals surface area contributed by atoms with Crippen LogP contribution in [-0.2, 0) is 4.74 Å². The third-order valence-corrected chi connectivity index (χ3v) is 1.39. The van der Waals surface area contributed by atoms with Gasteiger partial charge < -0.3 is 10.5 Å². The number of hydrogen-bond donors (Lipinski definition) is 1. The molecule has 1 fully saturated rings. The standard InChI is InChI=1S/C5H9F2NO.ClH/c6-4(7)9-3-5(8)1-2-5;/h4H,1-3,8H2;1H. The average Bonchev–Trinajstić information content (AvgIpc) is 2.45. The molecule has 10 heavy (non-hydrogen) atoms. The Morgan fingerprint density at radius 3 is 2.30 bits per heavy atom. The van der Waals surface area contributed by atoms with Gasteiger partial charge >= 0.3 is 6.61 Å². The van der Waals surface area contributed by atoms with Gasteiger partial charge in [-0.2, -0.15) is 8.78 Å². The molecule has 2 N–H and O–H groups in total. The normalized spacial score (nSPS) is 20.4. The van der Waals surface area contributed by atoms with Crippen LogP contribution in [0.4, 0.5) is 8.78 Å². The summed E-state index contributed by atoms with van der Waals surface area (Å²) in [4.78, 5) is 0. The summed E-state index contributed by atoms with van der Waals surface area (Å²) in [7, 11) is 0. The highest BCUT2D eigenvalue weighted by molar-refractivity contribution is 5.85. The Kier molecular flexibility index (Phi) is 3.48. The Morgan fingerprint density at radius 2 is 2.00 bits per heavy atom. The molecule has 0 aromatic rings. The maximum atomic E-state index is 11.3. The summed E-state index contributed by atoms with van der Waals surface area (Å²) in [6.07, 6.45) is 1.61. The van der Waals surface area contributed by atoms with E-state index in [9.17, 15) is 8.78 Å². The Bertz CT molecular complexity index is 108. The van der Waals surface area contributed by atoms with Gasteiger partial charge in [-0.3, -0.25) is 0 Å². The van der Waals surface area contributed by atoms with Crippen LogP contribution in [0.2, 0.25) is 0 Å². The SMILES string of the molecule is Cl.NC1(COC(F)F)CC1. The molecule has 0 radical (unpaired) electrons. The molecule has 2 nitrogen and oxygen atoms in total. The fourth-order valence-corrected chi connectivity index (χ4v) is 0.534. The number of alkyl halides is 2. The molecule has 0 amide bonds. The lowest BCUT2D eigenvalue weighted by molar-refractivity contribution is -0.133. The first kappa shape index (κ1) is 10.1. The smallest absolute Gasteiger partial charge is 0.323 e. The molecule has 0 saturated heterocycles. The second-order valence-corrected chi connectivity index (χ2v) is 2.43. The van der Waals surface area contributed by atoms with E-state index in [0.717, 1.165) is 12.8 Å². The maximum absolute atomic E-state index is 11.3. The summed E-state index contributed by atoms with van der Waals surface area (Å²) >= 11 is 0. The van der Waals surface area contributed by atoms with Crippen LogP contribution in [-0.4, -0.2) is 18.8 Å². The molecular formula is C5H10ClF2NO. The number of ether oxygens (including phenoxy) is 1. The summed E-state index contributed by atoms with van der Waals surface area (Å²) in [5.74, 6) is 0. The van der Waals surface area contributed by atoms with Crippen molar-refractivity contribution in [3.8, 4) is 0 Å². The van der Waals surface area contributed by atoms with Gasteiger partial charge in [-0.05, 0) is 12.8 Å². The Hall–Kier alpha value is 0.0700. The quantitative estimate of drug-likeness (QED) is 0.695. The van der Waals surface area contributed by atoms with Crippen LogP contribution in [0.3, 0.4) is 0 Å². The zero-order valence-electron chi connectivity index (χ0n) is 5.35. The van der Waals surface area contributed by atoms with Gasteiger partial charge in [0.15, 0.2) is 0 Å². The van der Waals surface area contributed by atoms with E-state index in [2.05, 4.69) is 4.74 Å². The minimum absolute atomic E-state index is 0. The topological polar surface area (TPSA) is 35.2 Å². The van der Waals surface area contributed by atoms with Crippen molar-refractivity contribution in [2.75, 3.05) is 6.61 Å². The molecule has 0 spiro atoms. The van der Waals surface area contributed by atoms with Crippen LogP contribution < -0.4 is 5.73 Å². The van der Waals surface area contributed by atoms with Crippen LogP contribution >= 0.6 is 12.4 Å². The lowest BCUT2D eigenvalue weighted by Crippen LogP contribution is -2.29. The third-order valence-electron chi connectivity index (χ3n) is 1.39. The molecular weight excluding hydrogens is 164 g/mol. The molecule has 1 rings (SSSR count). The number of nitrogens with two attached hydrogens (primary N) is 1. The third kappa shape index (κ3) is 3.29. The van der Waals surface area contributed by atoms with E-state index in [1.165, 1.54) is 0 Å². The molecule has 0 aromatic carbocycles. The van der Waals surface area contributed by atoms with E-state index in [0.29, 0.717) is 0 Å². The second kappa shape index (κ2) is 3.46. The van der Waals surface area contributed by atoms with E-state index in [-0.39, 0.29) is 19.0 Å². The van der Waals surface area contributed by atoms with Gasteiger partial charge in [-0.15, -0.1) is 12.4 Å². The summed E-state index contributed by atoms with van der Waals surface area (Å²) in [6, 6.07) is 0. The molecule has 0 aromatic heterocycles. The summed E-state index contributed by atoms with van der Waals surface area (Å²) in [6.45, 7) is -2.68. The van der Waals surface area contributed by atoms with Crippen molar-refractivity contribution < 1.29 is 13.5 Å². The van der Waals surface area contributed by atoms with Gasteiger partial charge in [-0.1, -0.05) is 0 Å². The van der Waals surface area contributed by atoms with E-state index in [4.69, 9.17) is 5.73 Å². The maximum Gasteiger partial charge on any atom is 0.345 e. The van der Waals surface area contributed by atoms with E-state index in [1.807, 2.05) is 0 Å². The Balaban J connectivity index is 0.000000810. The lowest BCUT2D eigenvalue weighted by atomic mass is 10.3. The molecule has 1 aliphatic rings. The minimum Gasteiger partial charge on any atom is -0.323 e. The van der Waals surface area contributed by atoms with Crippen LogP contribution in [0, 0.1) is 0 Å². The monoisotopic (exact) mass is 173 g/mol. The first-order chi connectivity index (χ1) is 4.12. The van der Waals surface area contributed by atoms with Crippen LogP contribution in [0.25, 0.3) is 0 Å². The van der Waals surface area contributed by atoms with Crippen LogP contribution in [0.1, 0.15) is 12.8 Å². The van der Waals surface area contributed by atoms with E-state index >= 15 is 0 Å². The van der Waals surface area contributed by atoms with Gasteiger partial charge in [-0.25, -0.2) is 0 Å². The van der Waals surface area contributed by atoms with Crippen molar-refractivity contribution in [1.82, 2.24) is 0 Å². The van der Waals surface area contributed by atoms with Crippen molar-refractivity contribution in [2.24, 2.45) is 5.73 Å². The van der Waals surface area contributed by atoms with Crippen molar-refractivity contribution in [1.29, 1.82) is 0 Å². The van der Waals surface area contributed by atoms with Gasteiger partial charge in [0.1, 0.15) is 0 Å². The van der Waals surface area contributed by atoms with Gasteiger partial charge in [0.2, 0.25) is 0 Å². The molecule has 62 valence electrons. The predicted octanol–water partition coefficient (Wildman–Crippen LogP) is 1.14. The van der Waals surface area contributed by atoms with Crippen LogP contribution in [0.15, 0.2) is 0 Å². The van der Waals surface area contributed by atoms with Crippen LogP contribution in [0.5, 0.6) is 0 Å². The lowest BCUT2D eigenvalue weighted by Gasteiger charge is -2.07. The van der Waals surface area contributed by atoms with Crippen molar-refractivity contribution in [2.45, 2.75) is 25.0 Å². The number of halogens is 3. The molecule has 0 aliphatic heterocycles. The molecule has 0 bridgehead atoms. The zero-order chi connectivity index (χ0) is 6.91. The highest BCUT2D eigenvalue weighted by Crippen LogP contribution is 2.32. The van der Waals surface area contributed by atoms with Gasteiger partial charge in [0, 0.05) is 5.54 Å². The Morgan fingerprint density at radius 1 is 1.50 bits per heavy atom. The zero-order valence-corrected chi connectivity index (χ0v) is 6.16. The summed E-state index contributed by atoms with van der Waals surface area (Å²) in [5.41, 5.74) is 5.02. The first-order valence-corrected chi connectivity index (χ1v) is 2.81. The number of hydrogen-bond acceptors (Lipinski definition) is 2. The fraction of sp³-hybridized carbons (Fsp3) is 1.00. The first-order valence-electron chi connectivity index (χ1n) is 2.81.